The van der Waals surface area contributed by atoms with E-state index >= 15 is 0 Å². The van der Waals surface area contributed by atoms with Gasteiger partial charge < -0.3 is 5.73 Å². The summed E-state index contributed by atoms with van der Waals surface area (Å²) < 4.78 is 0. The van der Waals surface area contributed by atoms with Crippen LogP contribution in [0.3, 0.4) is 0 Å². The number of nitrogens with one attached hydrogen (secondary N) is 1. The van der Waals surface area contributed by atoms with Crippen LogP contribution in [0.25, 0.3) is 0 Å². The van der Waals surface area contributed by atoms with Crippen LogP contribution in [0.2, 0.25) is 0 Å². The minimum absolute atomic E-state index is 0.303. The third kappa shape index (κ3) is 4.60. The second-order valence-electron chi connectivity index (χ2n) is 3.94. The van der Waals surface area contributed by atoms with E-state index in [-0.39, 0.29) is 5.96 Å². The lowest BCUT2D eigenvalue weighted by molar-refractivity contribution is -0.822. The van der Waals surface area contributed by atoms with Crippen molar-refractivity contribution in [3.8, 4) is 0 Å². The van der Waals surface area contributed by atoms with Crippen LogP contribution in [0.15, 0.2) is 34.5 Å². The molecule has 0 aliphatic carbocycles. The highest BCUT2D eigenvalue weighted by atomic mass is 16.7. The molecule has 0 heterocycles. The molecular weight excluding hydrogens is 234 g/mol. The van der Waals surface area contributed by atoms with Gasteiger partial charge in [0.2, 0.25) is 0 Å². The van der Waals surface area contributed by atoms with Crippen molar-refractivity contribution >= 4 is 12.2 Å². The van der Waals surface area contributed by atoms with Crippen LogP contribution >= 0.6 is 0 Å². The molecule has 18 heavy (non-hydrogen) atoms. The second-order valence-corrected chi connectivity index (χ2v) is 3.94. The Hall–Kier alpha value is -2.44. The summed E-state index contributed by atoms with van der Waals surface area (Å²) in [7, 11) is 0. The standard InChI is InChI=1S/C11H16N5O2/c1-8(2)10-5-3-9(4-6-10)7-13-14-11(12)15-16(17)18/h3-8H,1-2H3,(H,17,18)(H3,12,14,15)/q+1. The molecule has 1 aromatic rings. The van der Waals surface area contributed by atoms with Gasteiger partial charge in [-0.3, -0.25) is 0 Å². The van der Waals surface area contributed by atoms with Gasteiger partial charge in [0.1, 0.15) is 4.91 Å². The van der Waals surface area contributed by atoms with Crippen molar-refractivity contribution in [2.45, 2.75) is 19.8 Å². The minimum Gasteiger partial charge on any atom is -0.364 e. The molecule has 0 saturated carbocycles. The van der Waals surface area contributed by atoms with Crippen molar-refractivity contribution < 1.29 is 10.2 Å². The Bertz CT molecular complexity index is 465. The van der Waals surface area contributed by atoms with Gasteiger partial charge in [-0.15, -0.1) is 5.10 Å². The molecule has 0 unspecified atom stereocenters. The molecule has 0 spiro atoms. The first-order chi connectivity index (χ1) is 8.49. The Morgan fingerprint density at radius 1 is 1.44 bits per heavy atom. The molecule has 0 saturated heterocycles. The Kier molecular flexibility index (Phi) is 4.79. The molecule has 0 fully saturated rings. The maximum absolute atomic E-state index is 10.1. The van der Waals surface area contributed by atoms with Crippen molar-refractivity contribution in [3.63, 3.8) is 0 Å². The van der Waals surface area contributed by atoms with Gasteiger partial charge in [-0.1, -0.05) is 38.1 Å². The Labute approximate surface area is 105 Å². The molecule has 7 heteroatoms. The smallest absolute Gasteiger partial charge is 0.362 e. The molecule has 7 nitrogen and oxygen atoms in total. The Morgan fingerprint density at radius 3 is 2.56 bits per heavy atom. The van der Waals surface area contributed by atoms with E-state index in [0.29, 0.717) is 5.92 Å². The van der Waals surface area contributed by atoms with Crippen molar-refractivity contribution in [1.82, 2.24) is 5.43 Å². The van der Waals surface area contributed by atoms with Crippen molar-refractivity contribution in [2.75, 3.05) is 0 Å². The Morgan fingerprint density at radius 2 is 2.06 bits per heavy atom. The normalized spacial score (nSPS) is 12.1. The van der Waals surface area contributed by atoms with E-state index in [1.807, 2.05) is 24.3 Å². The highest BCUT2D eigenvalue weighted by Crippen LogP contribution is 2.13. The average Bonchev–Trinajstić information content (AvgIpc) is 2.28. The fourth-order valence-electron chi connectivity index (χ4n) is 1.25. The molecule has 0 aliphatic rings. The first-order valence-electron chi connectivity index (χ1n) is 5.38. The van der Waals surface area contributed by atoms with Crippen molar-refractivity contribution in [3.05, 3.63) is 40.3 Å². The quantitative estimate of drug-likeness (QED) is 0.423. The number of hydrogen-bond acceptors (Lipinski definition) is 3. The summed E-state index contributed by atoms with van der Waals surface area (Å²) in [4.78, 5) is 10.1. The predicted octanol–water partition coefficient (Wildman–Crippen LogP) is 1.13. The van der Waals surface area contributed by atoms with Crippen LogP contribution in [-0.4, -0.2) is 22.4 Å². The van der Waals surface area contributed by atoms with Crippen LogP contribution in [0, 0.1) is 4.91 Å². The van der Waals surface area contributed by atoms with E-state index in [0.717, 1.165) is 5.56 Å². The fourth-order valence-corrected chi connectivity index (χ4v) is 1.25. The van der Waals surface area contributed by atoms with E-state index in [4.69, 9.17) is 10.9 Å². The number of hydrogen-bond donors (Lipinski definition) is 3. The van der Waals surface area contributed by atoms with Crippen LogP contribution < -0.4 is 11.2 Å². The zero-order chi connectivity index (χ0) is 13.5. The minimum atomic E-state index is -0.550. The van der Waals surface area contributed by atoms with Gasteiger partial charge in [-0.2, -0.15) is 5.10 Å². The molecule has 0 aliphatic heterocycles. The van der Waals surface area contributed by atoms with Gasteiger partial charge in [-0.25, -0.2) is 5.21 Å². The first kappa shape index (κ1) is 13.6. The largest absolute Gasteiger partial charge is 0.364 e. The number of rotatable bonds is 4. The molecule has 0 aromatic heterocycles. The first-order valence-corrected chi connectivity index (χ1v) is 5.38. The summed E-state index contributed by atoms with van der Waals surface area (Å²) in [6, 6.07) is 7.82. The summed E-state index contributed by atoms with van der Waals surface area (Å²) in [6.07, 6.45) is 1.49. The maximum Gasteiger partial charge on any atom is 0.362 e. The second kappa shape index (κ2) is 6.33. The van der Waals surface area contributed by atoms with Crippen molar-refractivity contribution in [1.29, 1.82) is 0 Å². The highest BCUT2D eigenvalue weighted by molar-refractivity contribution is 5.81. The lowest BCUT2D eigenvalue weighted by Crippen LogP contribution is -2.36. The topological polar surface area (TPSA) is 103 Å². The highest BCUT2D eigenvalue weighted by Gasteiger charge is 2.03. The predicted molar refractivity (Wildman–Crippen MR) is 68.3 cm³/mol. The van der Waals surface area contributed by atoms with Crippen LogP contribution in [0.4, 0.5) is 0 Å². The third-order valence-corrected chi connectivity index (χ3v) is 2.19. The number of benzene rings is 1. The molecule has 0 amide bonds. The molecule has 1 rings (SSSR count). The SMILES string of the molecule is CC(C)c1ccc(C=NN=C(N)N[N+](=O)O)cc1. The summed E-state index contributed by atoms with van der Waals surface area (Å²) in [5, 5.41) is 14.9. The van der Waals surface area contributed by atoms with Gasteiger partial charge in [-0.05, 0) is 22.5 Å². The molecule has 0 radical (unpaired) electrons. The zero-order valence-corrected chi connectivity index (χ0v) is 10.2. The van der Waals surface area contributed by atoms with Gasteiger partial charge in [0.15, 0.2) is 0 Å². The molecular formula is C11H16N5O2+. The monoisotopic (exact) mass is 250 g/mol. The van der Waals surface area contributed by atoms with Gasteiger partial charge in [0.05, 0.1) is 6.21 Å². The molecule has 0 atom stereocenters. The fraction of sp³-hybridized carbons (Fsp3) is 0.273. The third-order valence-electron chi connectivity index (χ3n) is 2.19. The number of nitrogens with two attached hydrogens (primary N) is 1. The lowest BCUT2D eigenvalue weighted by atomic mass is 10.0. The number of guanidine groups is 1. The molecule has 0 bridgehead atoms. The van der Waals surface area contributed by atoms with E-state index in [1.54, 1.807) is 5.43 Å². The van der Waals surface area contributed by atoms with Gasteiger partial charge in [0.25, 0.3) is 5.96 Å². The average molecular weight is 250 g/mol. The summed E-state index contributed by atoms with van der Waals surface area (Å²) in [5.41, 5.74) is 9.12. The van der Waals surface area contributed by atoms with Crippen LogP contribution in [0.5, 0.6) is 0 Å². The van der Waals surface area contributed by atoms with Gasteiger partial charge in [0, 0.05) is 0 Å². The van der Waals surface area contributed by atoms with E-state index in [2.05, 4.69) is 24.1 Å². The van der Waals surface area contributed by atoms with E-state index < -0.39 is 5.03 Å². The number of hydrazine groups is 1. The zero-order valence-electron chi connectivity index (χ0n) is 10.2. The van der Waals surface area contributed by atoms with Crippen LogP contribution in [0.1, 0.15) is 30.9 Å². The van der Waals surface area contributed by atoms with Crippen LogP contribution in [-0.2, 0) is 0 Å². The molecule has 1 aromatic carbocycles. The van der Waals surface area contributed by atoms with E-state index in [9.17, 15) is 4.91 Å². The Balaban J connectivity index is 2.64. The summed E-state index contributed by atoms with van der Waals surface area (Å²) >= 11 is 0. The summed E-state index contributed by atoms with van der Waals surface area (Å²) in [6.45, 7) is 4.23. The lowest BCUT2D eigenvalue weighted by Gasteiger charge is -2.03. The summed E-state index contributed by atoms with van der Waals surface area (Å²) in [5.74, 6) is 0.170. The van der Waals surface area contributed by atoms with Gasteiger partial charge >= 0.3 is 5.03 Å². The molecule has 4 N–H and O–H groups in total. The van der Waals surface area contributed by atoms with E-state index in [1.165, 1.54) is 11.8 Å². The maximum atomic E-state index is 10.1. The van der Waals surface area contributed by atoms with Crippen molar-refractivity contribution in [2.24, 2.45) is 15.9 Å². The molecule has 96 valence electrons. The number of nitrogens with zero attached hydrogens (tertiary/aromatic N) is 3.